The Morgan fingerprint density at radius 2 is 1.32 bits per heavy atom. The molecule has 0 spiro atoms. The molecule has 2 aromatic rings. The predicted molar refractivity (Wildman–Crippen MR) is 96.9 cm³/mol. The second kappa shape index (κ2) is 6.93. The summed E-state index contributed by atoms with van der Waals surface area (Å²) in [6.45, 7) is 5.68. The number of nitrogens with zero attached hydrogens (tertiary/aromatic N) is 7. The highest BCUT2D eigenvalue weighted by atomic mass is 15.3. The van der Waals surface area contributed by atoms with Crippen molar-refractivity contribution in [3.63, 3.8) is 0 Å². The molecule has 0 N–H and O–H groups in total. The summed E-state index contributed by atoms with van der Waals surface area (Å²) >= 11 is 0. The van der Waals surface area contributed by atoms with Crippen LogP contribution in [0.25, 0.3) is 0 Å². The van der Waals surface area contributed by atoms with E-state index in [1.54, 1.807) is 18.6 Å². The van der Waals surface area contributed by atoms with Crippen molar-refractivity contribution in [3.05, 3.63) is 36.3 Å². The van der Waals surface area contributed by atoms with Crippen molar-refractivity contribution >= 4 is 17.5 Å². The number of nitriles is 1. The van der Waals surface area contributed by atoms with Crippen LogP contribution in [0.2, 0.25) is 0 Å². The van der Waals surface area contributed by atoms with Gasteiger partial charge in [-0.25, -0.2) is 15.0 Å². The van der Waals surface area contributed by atoms with Crippen LogP contribution in [0.15, 0.2) is 30.7 Å². The van der Waals surface area contributed by atoms with Crippen molar-refractivity contribution in [2.24, 2.45) is 0 Å². The summed E-state index contributed by atoms with van der Waals surface area (Å²) in [5.74, 6) is 2.91. The lowest BCUT2D eigenvalue weighted by Crippen LogP contribution is -2.47. The van der Waals surface area contributed by atoms with Gasteiger partial charge in [0.25, 0.3) is 0 Å². The molecule has 25 heavy (non-hydrogen) atoms. The van der Waals surface area contributed by atoms with E-state index in [2.05, 4.69) is 41.8 Å². The fraction of sp³-hybridized carbons (Fsp3) is 0.444. The molecule has 0 unspecified atom stereocenters. The van der Waals surface area contributed by atoms with Crippen molar-refractivity contribution in [2.75, 3.05) is 54.0 Å². The van der Waals surface area contributed by atoms with Gasteiger partial charge in [-0.15, -0.1) is 0 Å². The van der Waals surface area contributed by atoms with Gasteiger partial charge in [-0.1, -0.05) is 0 Å². The van der Waals surface area contributed by atoms with Crippen LogP contribution < -0.4 is 14.7 Å². The minimum Gasteiger partial charge on any atom is -0.356 e. The van der Waals surface area contributed by atoms with Gasteiger partial charge in [-0.05, 0) is 25.0 Å². The maximum Gasteiger partial charge on any atom is 0.134 e. The largest absolute Gasteiger partial charge is 0.356 e. The van der Waals surface area contributed by atoms with E-state index in [0.717, 1.165) is 56.7 Å². The normalized spacial score (nSPS) is 17.6. The third kappa shape index (κ3) is 3.33. The zero-order valence-corrected chi connectivity index (χ0v) is 14.2. The summed E-state index contributed by atoms with van der Waals surface area (Å²) in [6.07, 6.45) is 5.86. The molecule has 2 aliphatic rings. The Balaban J connectivity index is 1.43. The Bertz CT molecular complexity index is 771. The smallest absolute Gasteiger partial charge is 0.134 e. The highest BCUT2D eigenvalue weighted by molar-refractivity contribution is 5.52. The van der Waals surface area contributed by atoms with E-state index in [9.17, 15) is 0 Å². The Hall–Kier alpha value is -2.88. The molecule has 4 heterocycles. The van der Waals surface area contributed by atoms with E-state index in [1.807, 2.05) is 6.07 Å². The minimum absolute atomic E-state index is 0.651. The SMILES string of the molecule is N#Cc1ccnc(N2CCN(c3cc(N4CCCC4)ncn3)CC2)c1. The molecule has 2 aromatic heterocycles. The molecular formula is C18H21N7. The van der Waals surface area contributed by atoms with E-state index < -0.39 is 0 Å². The van der Waals surface area contributed by atoms with Crippen molar-refractivity contribution in [1.82, 2.24) is 15.0 Å². The average molecular weight is 335 g/mol. The Kier molecular flexibility index (Phi) is 4.34. The van der Waals surface area contributed by atoms with E-state index in [0.29, 0.717) is 5.56 Å². The van der Waals surface area contributed by atoms with Crippen molar-refractivity contribution in [3.8, 4) is 6.07 Å². The van der Waals surface area contributed by atoms with Crippen LogP contribution in [0.3, 0.4) is 0 Å². The van der Waals surface area contributed by atoms with Gasteiger partial charge < -0.3 is 14.7 Å². The van der Waals surface area contributed by atoms with Crippen LogP contribution in [-0.4, -0.2) is 54.2 Å². The molecule has 0 amide bonds. The average Bonchev–Trinajstić information content (AvgIpc) is 3.23. The molecule has 0 radical (unpaired) electrons. The standard InChI is InChI=1S/C18H21N7/c19-13-15-3-4-20-16(11-15)24-7-9-25(10-8-24)18-12-17(21-14-22-18)23-5-1-2-6-23/h3-4,11-12,14H,1-2,5-10H2. The fourth-order valence-corrected chi connectivity index (χ4v) is 3.45. The molecule has 0 aromatic carbocycles. The van der Waals surface area contributed by atoms with Crippen LogP contribution in [0.1, 0.15) is 18.4 Å². The van der Waals surface area contributed by atoms with Gasteiger partial charge in [0.05, 0.1) is 11.6 Å². The first-order valence-electron chi connectivity index (χ1n) is 8.76. The first-order valence-corrected chi connectivity index (χ1v) is 8.76. The van der Waals surface area contributed by atoms with Gasteiger partial charge >= 0.3 is 0 Å². The summed E-state index contributed by atoms with van der Waals surface area (Å²) in [4.78, 5) is 20.2. The van der Waals surface area contributed by atoms with Crippen LogP contribution in [0.5, 0.6) is 0 Å². The molecule has 7 heteroatoms. The topological polar surface area (TPSA) is 72.2 Å². The summed E-state index contributed by atoms with van der Waals surface area (Å²) in [7, 11) is 0. The predicted octanol–water partition coefficient (Wildman–Crippen LogP) is 1.67. The molecule has 4 rings (SSSR count). The first kappa shape index (κ1) is 15.6. The zero-order valence-electron chi connectivity index (χ0n) is 14.2. The summed E-state index contributed by atoms with van der Waals surface area (Å²) in [6, 6.07) is 7.87. The Morgan fingerprint density at radius 1 is 0.760 bits per heavy atom. The third-order valence-corrected chi connectivity index (χ3v) is 4.87. The van der Waals surface area contributed by atoms with Gasteiger partial charge in [0.15, 0.2) is 0 Å². The van der Waals surface area contributed by atoms with E-state index in [4.69, 9.17) is 5.26 Å². The van der Waals surface area contributed by atoms with Gasteiger partial charge in [-0.3, -0.25) is 0 Å². The number of rotatable bonds is 3. The van der Waals surface area contributed by atoms with Crippen molar-refractivity contribution in [2.45, 2.75) is 12.8 Å². The molecule has 2 fully saturated rings. The summed E-state index contributed by atoms with van der Waals surface area (Å²) < 4.78 is 0. The lowest BCUT2D eigenvalue weighted by atomic mass is 10.2. The molecule has 0 saturated carbocycles. The maximum absolute atomic E-state index is 9.04. The molecule has 2 saturated heterocycles. The number of aromatic nitrogens is 3. The van der Waals surface area contributed by atoms with Gasteiger partial charge in [0.1, 0.15) is 23.8 Å². The van der Waals surface area contributed by atoms with Gasteiger partial charge in [-0.2, -0.15) is 5.26 Å². The monoisotopic (exact) mass is 335 g/mol. The van der Waals surface area contributed by atoms with Crippen LogP contribution >= 0.6 is 0 Å². The first-order chi connectivity index (χ1) is 12.3. The van der Waals surface area contributed by atoms with Crippen LogP contribution in [-0.2, 0) is 0 Å². The summed E-state index contributed by atoms with van der Waals surface area (Å²) in [5, 5.41) is 9.04. The van der Waals surface area contributed by atoms with Gasteiger partial charge in [0, 0.05) is 51.5 Å². The van der Waals surface area contributed by atoms with Gasteiger partial charge in [0.2, 0.25) is 0 Å². The van der Waals surface area contributed by atoms with Crippen LogP contribution in [0, 0.1) is 11.3 Å². The summed E-state index contributed by atoms with van der Waals surface area (Å²) in [5.41, 5.74) is 0.651. The van der Waals surface area contributed by atoms with Crippen LogP contribution in [0.4, 0.5) is 17.5 Å². The molecular weight excluding hydrogens is 314 g/mol. The lowest BCUT2D eigenvalue weighted by molar-refractivity contribution is 0.641. The van der Waals surface area contributed by atoms with E-state index >= 15 is 0 Å². The molecule has 2 aliphatic heterocycles. The highest BCUT2D eigenvalue weighted by Crippen LogP contribution is 2.23. The fourth-order valence-electron chi connectivity index (χ4n) is 3.45. The molecule has 0 bridgehead atoms. The highest BCUT2D eigenvalue weighted by Gasteiger charge is 2.21. The zero-order chi connectivity index (χ0) is 17.1. The number of piperazine rings is 1. The van der Waals surface area contributed by atoms with E-state index in [-0.39, 0.29) is 0 Å². The minimum atomic E-state index is 0.651. The molecule has 7 nitrogen and oxygen atoms in total. The number of anilines is 3. The lowest BCUT2D eigenvalue weighted by Gasteiger charge is -2.36. The molecule has 128 valence electrons. The second-order valence-electron chi connectivity index (χ2n) is 6.42. The third-order valence-electron chi connectivity index (χ3n) is 4.87. The van der Waals surface area contributed by atoms with Crippen molar-refractivity contribution in [1.29, 1.82) is 5.26 Å². The number of pyridine rings is 1. The number of hydrogen-bond donors (Lipinski definition) is 0. The molecule has 0 atom stereocenters. The Labute approximate surface area is 147 Å². The van der Waals surface area contributed by atoms with E-state index in [1.165, 1.54) is 12.8 Å². The maximum atomic E-state index is 9.04. The molecule has 0 aliphatic carbocycles. The Morgan fingerprint density at radius 3 is 1.92 bits per heavy atom. The van der Waals surface area contributed by atoms with Crippen molar-refractivity contribution < 1.29 is 0 Å². The second-order valence-corrected chi connectivity index (χ2v) is 6.42. The number of hydrogen-bond acceptors (Lipinski definition) is 7. The quantitative estimate of drug-likeness (QED) is 0.845.